The van der Waals surface area contributed by atoms with Gasteiger partial charge in [-0.2, -0.15) is 0 Å². The highest BCUT2D eigenvalue weighted by Gasteiger charge is 2.39. The molecule has 1 rings (SSSR count). The van der Waals surface area contributed by atoms with Crippen LogP contribution in [-0.2, 0) is 9.59 Å². The highest BCUT2D eigenvalue weighted by molar-refractivity contribution is 5.90. The van der Waals surface area contributed by atoms with E-state index in [0.29, 0.717) is 13.0 Å². The van der Waals surface area contributed by atoms with E-state index < -0.39 is 0 Å². The van der Waals surface area contributed by atoms with E-state index in [1.165, 1.54) is 0 Å². The Morgan fingerprint density at radius 3 is 2.21 bits per heavy atom. The van der Waals surface area contributed by atoms with Crippen molar-refractivity contribution in [1.82, 2.24) is 10.2 Å². The lowest BCUT2D eigenvalue weighted by molar-refractivity contribution is -0.140. The molecule has 1 aliphatic heterocycles. The fourth-order valence-corrected chi connectivity index (χ4v) is 3.12. The first kappa shape index (κ1) is 16.0. The Morgan fingerprint density at radius 2 is 1.74 bits per heavy atom. The number of hydrogen-bond acceptors (Lipinski definition) is 2. The minimum absolute atomic E-state index is 0.00603. The summed E-state index contributed by atoms with van der Waals surface area (Å²) in [6.45, 7) is 9.00. The van der Waals surface area contributed by atoms with Gasteiger partial charge in [0.15, 0.2) is 0 Å². The summed E-state index contributed by atoms with van der Waals surface area (Å²) in [5.41, 5.74) is -0.0879. The number of amides is 2. The third kappa shape index (κ3) is 3.28. The van der Waals surface area contributed by atoms with Crippen molar-refractivity contribution < 1.29 is 9.59 Å². The molecular weight excluding hydrogens is 240 g/mol. The molecule has 1 heterocycles. The smallest absolute Gasteiger partial charge is 0.245 e. The van der Waals surface area contributed by atoms with Crippen molar-refractivity contribution in [3.8, 4) is 0 Å². The molecular formula is C15H28N2O2. The lowest BCUT2D eigenvalue weighted by atomic mass is 9.86. The second-order valence-corrected chi connectivity index (χ2v) is 5.43. The Morgan fingerprint density at radius 1 is 1.16 bits per heavy atom. The maximum atomic E-state index is 12.7. The maximum absolute atomic E-state index is 12.7. The zero-order valence-corrected chi connectivity index (χ0v) is 12.8. The molecule has 1 aliphatic rings. The van der Waals surface area contributed by atoms with Crippen LogP contribution in [0, 0.1) is 0 Å². The van der Waals surface area contributed by atoms with Gasteiger partial charge in [0.2, 0.25) is 11.8 Å². The molecule has 0 aromatic heterocycles. The van der Waals surface area contributed by atoms with E-state index >= 15 is 0 Å². The van der Waals surface area contributed by atoms with E-state index in [2.05, 4.69) is 26.1 Å². The molecule has 0 aromatic rings. The molecule has 1 unspecified atom stereocenters. The average molecular weight is 268 g/mol. The predicted molar refractivity (Wildman–Crippen MR) is 76.8 cm³/mol. The molecule has 1 atom stereocenters. The van der Waals surface area contributed by atoms with Crippen molar-refractivity contribution in [3.63, 3.8) is 0 Å². The van der Waals surface area contributed by atoms with Crippen molar-refractivity contribution in [3.05, 3.63) is 0 Å². The fourth-order valence-electron chi connectivity index (χ4n) is 3.12. The Balaban J connectivity index is 3.03. The van der Waals surface area contributed by atoms with Gasteiger partial charge in [0.1, 0.15) is 6.04 Å². The van der Waals surface area contributed by atoms with Crippen LogP contribution in [0.15, 0.2) is 0 Å². The van der Waals surface area contributed by atoms with Crippen LogP contribution < -0.4 is 5.32 Å². The van der Waals surface area contributed by atoms with E-state index in [1.807, 2.05) is 11.8 Å². The summed E-state index contributed by atoms with van der Waals surface area (Å²) < 4.78 is 0. The molecule has 110 valence electrons. The van der Waals surface area contributed by atoms with Crippen LogP contribution in [0.25, 0.3) is 0 Å². The predicted octanol–water partition coefficient (Wildman–Crippen LogP) is 2.47. The number of carbonyl (C=O) groups excluding carboxylic acids is 2. The van der Waals surface area contributed by atoms with E-state index in [1.54, 1.807) is 0 Å². The zero-order chi connectivity index (χ0) is 14.5. The third-order valence-corrected chi connectivity index (χ3v) is 4.59. The summed E-state index contributed by atoms with van der Waals surface area (Å²) in [5, 5.41) is 2.87. The molecule has 0 aromatic carbocycles. The van der Waals surface area contributed by atoms with Crippen LogP contribution in [0.2, 0.25) is 0 Å². The molecule has 1 N–H and O–H groups in total. The van der Waals surface area contributed by atoms with Gasteiger partial charge in [0, 0.05) is 18.5 Å². The number of nitrogens with one attached hydrogen (secondary N) is 1. The van der Waals surface area contributed by atoms with E-state index in [9.17, 15) is 9.59 Å². The van der Waals surface area contributed by atoms with Gasteiger partial charge in [-0.05, 0) is 25.7 Å². The largest absolute Gasteiger partial charge is 0.344 e. The first-order chi connectivity index (χ1) is 9.04. The highest BCUT2D eigenvalue weighted by Crippen LogP contribution is 2.30. The SMILES string of the molecule is CCCC1NC(=O)CCN(C(CC)(CC)CC)C1=O. The summed E-state index contributed by atoms with van der Waals surface area (Å²) in [6, 6.07) is -0.330. The summed E-state index contributed by atoms with van der Waals surface area (Å²) in [7, 11) is 0. The van der Waals surface area contributed by atoms with Gasteiger partial charge in [-0.25, -0.2) is 0 Å². The second kappa shape index (κ2) is 6.92. The Labute approximate surface area is 116 Å². The number of hydrogen-bond donors (Lipinski definition) is 1. The van der Waals surface area contributed by atoms with Gasteiger partial charge < -0.3 is 10.2 Å². The second-order valence-electron chi connectivity index (χ2n) is 5.43. The molecule has 0 saturated carbocycles. The van der Waals surface area contributed by atoms with Crippen LogP contribution in [0.3, 0.4) is 0 Å². The Kier molecular flexibility index (Phi) is 5.83. The van der Waals surface area contributed by atoms with Gasteiger partial charge in [-0.3, -0.25) is 9.59 Å². The van der Waals surface area contributed by atoms with Gasteiger partial charge in [0.25, 0.3) is 0 Å². The summed E-state index contributed by atoms with van der Waals surface area (Å²) >= 11 is 0. The minimum Gasteiger partial charge on any atom is -0.344 e. The summed E-state index contributed by atoms with van der Waals surface area (Å²) in [4.78, 5) is 26.5. The maximum Gasteiger partial charge on any atom is 0.245 e. The Bertz CT molecular complexity index is 316. The molecule has 1 fully saturated rings. The van der Waals surface area contributed by atoms with Gasteiger partial charge in [-0.1, -0.05) is 34.1 Å². The van der Waals surface area contributed by atoms with Gasteiger partial charge >= 0.3 is 0 Å². The third-order valence-electron chi connectivity index (χ3n) is 4.59. The first-order valence-corrected chi connectivity index (χ1v) is 7.65. The standard InChI is InChI=1S/C15H28N2O2/c1-5-9-12-14(19)17(11-10-13(18)16-12)15(6-2,7-3)8-4/h12H,5-11H2,1-4H3,(H,16,18). The zero-order valence-electron chi connectivity index (χ0n) is 12.8. The lowest BCUT2D eigenvalue weighted by Crippen LogP contribution is -2.55. The van der Waals surface area contributed by atoms with Crippen LogP contribution in [-0.4, -0.2) is 34.8 Å². The monoisotopic (exact) mass is 268 g/mol. The topological polar surface area (TPSA) is 49.4 Å². The first-order valence-electron chi connectivity index (χ1n) is 7.65. The molecule has 2 amide bonds. The quantitative estimate of drug-likeness (QED) is 0.804. The average Bonchev–Trinajstić information content (AvgIpc) is 2.55. The molecule has 0 bridgehead atoms. The fraction of sp³-hybridized carbons (Fsp3) is 0.867. The van der Waals surface area contributed by atoms with Gasteiger partial charge in [0.05, 0.1) is 0 Å². The van der Waals surface area contributed by atoms with E-state index in [0.717, 1.165) is 32.1 Å². The van der Waals surface area contributed by atoms with Crippen molar-refractivity contribution in [1.29, 1.82) is 0 Å². The molecule has 19 heavy (non-hydrogen) atoms. The molecule has 1 saturated heterocycles. The van der Waals surface area contributed by atoms with Gasteiger partial charge in [-0.15, -0.1) is 0 Å². The van der Waals surface area contributed by atoms with Crippen molar-refractivity contribution >= 4 is 11.8 Å². The normalized spacial score (nSPS) is 21.3. The van der Waals surface area contributed by atoms with Crippen molar-refractivity contribution in [2.24, 2.45) is 0 Å². The summed E-state index contributed by atoms with van der Waals surface area (Å²) in [5.74, 6) is 0.116. The lowest BCUT2D eigenvalue weighted by Gasteiger charge is -2.43. The van der Waals surface area contributed by atoms with Crippen LogP contribution in [0.1, 0.15) is 66.2 Å². The van der Waals surface area contributed by atoms with Crippen LogP contribution in [0.4, 0.5) is 0 Å². The van der Waals surface area contributed by atoms with Crippen LogP contribution >= 0.6 is 0 Å². The highest BCUT2D eigenvalue weighted by atomic mass is 16.2. The Hall–Kier alpha value is -1.06. The molecule has 0 spiro atoms. The van der Waals surface area contributed by atoms with E-state index in [-0.39, 0.29) is 23.4 Å². The molecule has 0 aliphatic carbocycles. The number of nitrogens with zero attached hydrogens (tertiary/aromatic N) is 1. The summed E-state index contributed by atoms with van der Waals surface area (Å²) in [6.07, 6.45) is 4.89. The molecule has 0 radical (unpaired) electrons. The van der Waals surface area contributed by atoms with Crippen LogP contribution in [0.5, 0.6) is 0 Å². The van der Waals surface area contributed by atoms with E-state index in [4.69, 9.17) is 0 Å². The van der Waals surface area contributed by atoms with Crippen molar-refractivity contribution in [2.45, 2.75) is 77.8 Å². The molecule has 4 heteroatoms. The van der Waals surface area contributed by atoms with Crippen molar-refractivity contribution in [2.75, 3.05) is 6.54 Å². The molecule has 4 nitrogen and oxygen atoms in total. The minimum atomic E-state index is -0.330. The number of rotatable bonds is 6. The number of carbonyl (C=O) groups is 2.